The van der Waals surface area contributed by atoms with Crippen molar-refractivity contribution >= 4 is 0 Å². The second-order valence-corrected chi connectivity index (χ2v) is 6.40. The van der Waals surface area contributed by atoms with E-state index >= 15 is 0 Å². The average Bonchev–Trinajstić information content (AvgIpc) is 2.96. The molecule has 0 aromatic carbocycles. The van der Waals surface area contributed by atoms with E-state index in [-0.39, 0.29) is 0 Å². The maximum atomic E-state index is 5.62. The molecule has 1 atom stereocenters. The third-order valence-corrected chi connectivity index (χ3v) is 5.05. The number of ether oxygens (including phenoxy) is 1. The van der Waals surface area contributed by atoms with Gasteiger partial charge in [0.2, 0.25) is 0 Å². The predicted molar refractivity (Wildman–Crippen MR) is 80.5 cm³/mol. The van der Waals surface area contributed by atoms with Crippen LogP contribution in [0.15, 0.2) is 0 Å². The lowest BCUT2D eigenvalue weighted by Crippen LogP contribution is -2.40. The van der Waals surface area contributed by atoms with Gasteiger partial charge < -0.3 is 15.0 Å². The van der Waals surface area contributed by atoms with Crippen molar-refractivity contribution in [2.24, 2.45) is 5.92 Å². The Labute approximate surface area is 119 Å². The Kier molecular flexibility index (Phi) is 6.62. The first kappa shape index (κ1) is 15.3. The first-order chi connectivity index (χ1) is 9.29. The lowest BCUT2D eigenvalue weighted by Gasteiger charge is -2.34. The number of likely N-dealkylation sites (N-methyl/N-ethyl adjacent to an activating group) is 1. The third kappa shape index (κ3) is 5.05. The van der Waals surface area contributed by atoms with Gasteiger partial charge in [0.05, 0.1) is 6.10 Å². The topological polar surface area (TPSA) is 24.5 Å². The Balaban J connectivity index is 1.53. The summed E-state index contributed by atoms with van der Waals surface area (Å²) in [6, 6.07) is 0.826. The SMILES string of the molecule is CCC1CCC(N(C)CCNCC2CCCO2)CC1. The van der Waals surface area contributed by atoms with Crippen LogP contribution in [0.4, 0.5) is 0 Å². The van der Waals surface area contributed by atoms with Gasteiger partial charge in [-0.05, 0) is 51.5 Å². The molecule has 0 amide bonds. The summed E-state index contributed by atoms with van der Waals surface area (Å²) in [5.74, 6) is 1.00. The van der Waals surface area contributed by atoms with E-state index in [0.717, 1.165) is 31.7 Å². The van der Waals surface area contributed by atoms with E-state index in [1.807, 2.05) is 0 Å². The zero-order chi connectivity index (χ0) is 13.5. The molecule has 1 aliphatic carbocycles. The van der Waals surface area contributed by atoms with Gasteiger partial charge in [-0.25, -0.2) is 0 Å². The van der Waals surface area contributed by atoms with E-state index in [0.29, 0.717) is 6.10 Å². The molecule has 2 aliphatic rings. The first-order valence-electron chi connectivity index (χ1n) is 8.32. The molecule has 1 saturated heterocycles. The third-order valence-electron chi connectivity index (χ3n) is 5.05. The molecular formula is C16H32N2O. The van der Waals surface area contributed by atoms with E-state index in [4.69, 9.17) is 4.74 Å². The smallest absolute Gasteiger partial charge is 0.0700 e. The van der Waals surface area contributed by atoms with E-state index < -0.39 is 0 Å². The van der Waals surface area contributed by atoms with Crippen molar-refractivity contribution in [3.05, 3.63) is 0 Å². The second-order valence-electron chi connectivity index (χ2n) is 6.40. The van der Waals surface area contributed by atoms with Crippen LogP contribution < -0.4 is 5.32 Å². The Morgan fingerprint density at radius 3 is 2.58 bits per heavy atom. The molecule has 3 nitrogen and oxygen atoms in total. The normalized spacial score (nSPS) is 32.1. The molecule has 0 bridgehead atoms. The number of rotatable bonds is 7. The summed E-state index contributed by atoms with van der Waals surface area (Å²) < 4.78 is 5.62. The molecule has 0 radical (unpaired) electrons. The van der Waals surface area contributed by atoms with Gasteiger partial charge >= 0.3 is 0 Å². The Bertz CT molecular complexity index is 233. The highest BCUT2D eigenvalue weighted by Gasteiger charge is 2.22. The minimum absolute atomic E-state index is 0.477. The average molecular weight is 268 g/mol. The van der Waals surface area contributed by atoms with Crippen LogP contribution in [-0.2, 0) is 4.74 Å². The van der Waals surface area contributed by atoms with Crippen molar-refractivity contribution in [3.63, 3.8) is 0 Å². The highest BCUT2D eigenvalue weighted by molar-refractivity contribution is 4.78. The Morgan fingerprint density at radius 1 is 1.16 bits per heavy atom. The molecule has 3 heteroatoms. The van der Waals surface area contributed by atoms with Gasteiger partial charge in [-0.15, -0.1) is 0 Å². The van der Waals surface area contributed by atoms with Gasteiger partial charge in [0.15, 0.2) is 0 Å². The molecule has 1 aliphatic heterocycles. The van der Waals surface area contributed by atoms with Gasteiger partial charge in [-0.2, -0.15) is 0 Å². The molecule has 112 valence electrons. The molecule has 2 fully saturated rings. The standard InChI is InChI=1S/C16H32N2O/c1-3-14-6-8-15(9-7-14)18(2)11-10-17-13-16-5-4-12-19-16/h14-17H,3-13H2,1-2H3. The van der Waals surface area contributed by atoms with Crippen LogP contribution >= 0.6 is 0 Å². The summed E-state index contributed by atoms with van der Waals surface area (Å²) in [5.41, 5.74) is 0. The fourth-order valence-corrected chi connectivity index (χ4v) is 3.50. The molecule has 1 unspecified atom stereocenters. The van der Waals surface area contributed by atoms with Crippen LogP contribution in [0, 0.1) is 5.92 Å². The maximum absolute atomic E-state index is 5.62. The molecule has 2 rings (SSSR count). The molecule has 0 spiro atoms. The van der Waals surface area contributed by atoms with Crippen LogP contribution in [0.25, 0.3) is 0 Å². The minimum atomic E-state index is 0.477. The number of nitrogens with zero attached hydrogens (tertiary/aromatic N) is 1. The number of hydrogen-bond donors (Lipinski definition) is 1. The summed E-state index contributed by atoms with van der Waals surface area (Å²) in [6.45, 7) is 6.62. The molecular weight excluding hydrogens is 236 g/mol. The van der Waals surface area contributed by atoms with Gasteiger partial charge in [-0.3, -0.25) is 0 Å². The zero-order valence-electron chi connectivity index (χ0n) is 12.9. The Hall–Kier alpha value is -0.120. The van der Waals surface area contributed by atoms with Gasteiger partial charge in [0.25, 0.3) is 0 Å². The number of nitrogens with one attached hydrogen (secondary N) is 1. The van der Waals surface area contributed by atoms with Crippen LogP contribution in [0.3, 0.4) is 0 Å². The predicted octanol–water partition coefficient (Wildman–Crippen LogP) is 2.66. The van der Waals surface area contributed by atoms with Crippen molar-refractivity contribution in [1.29, 1.82) is 0 Å². The molecule has 0 aromatic heterocycles. The first-order valence-corrected chi connectivity index (χ1v) is 8.32. The van der Waals surface area contributed by atoms with Crippen molar-refractivity contribution in [1.82, 2.24) is 10.2 Å². The highest BCUT2D eigenvalue weighted by Crippen LogP contribution is 2.28. The van der Waals surface area contributed by atoms with E-state index in [9.17, 15) is 0 Å². The highest BCUT2D eigenvalue weighted by atomic mass is 16.5. The summed E-state index contributed by atoms with van der Waals surface area (Å²) in [7, 11) is 2.30. The monoisotopic (exact) mass is 268 g/mol. The maximum Gasteiger partial charge on any atom is 0.0700 e. The molecule has 1 N–H and O–H groups in total. The molecule has 19 heavy (non-hydrogen) atoms. The minimum Gasteiger partial charge on any atom is -0.377 e. The molecule has 1 saturated carbocycles. The molecule has 1 heterocycles. The Morgan fingerprint density at radius 2 is 1.95 bits per heavy atom. The van der Waals surface area contributed by atoms with Crippen LogP contribution in [0.1, 0.15) is 51.9 Å². The quantitative estimate of drug-likeness (QED) is 0.718. The fourth-order valence-electron chi connectivity index (χ4n) is 3.50. The van der Waals surface area contributed by atoms with E-state index in [1.54, 1.807) is 0 Å². The largest absolute Gasteiger partial charge is 0.377 e. The number of hydrogen-bond acceptors (Lipinski definition) is 3. The van der Waals surface area contributed by atoms with Crippen molar-refractivity contribution in [3.8, 4) is 0 Å². The lowest BCUT2D eigenvalue weighted by molar-refractivity contribution is 0.108. The van der Waals surface area contributed by atoms with Crippen molar-refractivity contribution in [2.75, 3.05) is 33.3 Å². The van der Waals surface area contributed by atoms with Gasteiger partial charge in [0.1, 0.15) is 0 Å². The van der Waals surface area contributed by atoms with Crippen LogP contribution in [0.5, 0.6) is 0 Å². The summed E-state index contributed by atoms with van der Waals surface area (Å²) in [4.78, 5) is 2.56. The van der Waals surface area contributed by atoms with Crippen molar-refractivity contribution < 1.29 is 4.74 Å². The molecule has 0 aromatic rings. The summed E-state index contributed by atoms with van der Waals surface area (Å²) in [5, 5.41) is 3.55. The summed E-state index contributed by atoms with van der Waals surface area (Å²) in [6.07, 6.45) is 10.0. The van der Waals surface area contributed by atoms with Gasteiger partial charge in [-0.1, -0.05) is 13.3 Å². The van der Waals surface area contributed by atoms with E-state index in [2.05, 4.69) is 24.2 Å². The fraction of sp³-hybridized carbons (Fsp3) is 1.00. The van der Waals surface area contributed by atoms with Crippen LogP contribution in [0.2, 0.25) is 0 Å². The van der Waals surface area contributed by atoms with Crippen LogP contribution in [-0.4, -0.2) is 50.3 Å². The van der Waals surface area contributed by atoms with Gasteiger partial charge in [0, 0.05) is 32.3 Å². The van der Waals surface area contributed by atoms with Crippen molar-refractivity contribution in [2.45, 2.75) is 64.0 Å². The lowest BCUT2D eigenvalue weighted by atomic mass is 9.84. The second kappa shape index (κ2) is 8.23. The summed E-state index contributed by atoms with van der Waals surface area (Å²) >= 11 is 0. The zero-order valence-corrected chi connectivity index (χ0v) is 12.9. The van der Waals surface area contributed by atoms with E-state index in [1.165, 1.54) is 51.5 Å².